The van der Waals surface area contributed by atoms with Crippen molar-refractivity contribution in [2.24, 2.45) is 0 Å². The smallest absolute Gasteiger partial charge is 0.244 e. The van der Waals surface area contributed by atoms with Crippen LogP contribution in [-0.4, -0.2) is 26.1 Å². The Morgan fingerprint density at radius 3 is 2.71 bits per heavy atom. The lowest BCUT2D eigenvalue weighted by Crippen LogP contribution is -2.59. The Morgan fingerprint density at radius 2 is 2.12 bits per heavy atom. The molecule has 2 N–H and O–H groups in total. The van der Waals surface area contributed by atoms with Crippen molar-refractivity contribution >= 4 is 5.91 Å². The van der Waals surface area contributed by atoms with Gasteiger partial charge in [-0.2, -0.15) is 0 Å². The van der Waals surface area contributed by atoms with Crippen LogP contribution in [0.2, 0.25) is 0 Å². The summed E-state index contributed by atoms with van der Waals surface area (Å²) in [5.74, 6) is 0.863. The predicted octanol–water partition coefficient (Wildman–Crippen LogP) is 0.938. The number of benzene rings is 1. The molecule has 1 atom stereocenters. The minimum atomic E-state index is -0.644. The first-order valence-electron chi connectivity index (χ1n) is 5.76. The molecule has 1 fully saturated rings. The number of methoxy groups -OCH3 is 1. The third kappa shape index (κ3) is 2.00. The first kappa shape index (κ1) is 11.9. The SMILES string of the molecule is COc1ccc(C2(C)NCCNC2=O)cc1C. The zero-order valence-corrected chi connectivity index (χ0v) is 10.5. The number of ether oxygens (including phenoxy) is 1. The second kappa shape index (κ2) is 4.37. The summed E-state index contributed by atoms with van der Waals surface area (Å²) in [6.07, 6.45) is 0. The van der Waals surface area contributed by atoms with Gasteiger partial charge in [-0.05, 0) is 31.0 Å². The standard InChI is InChI=1S/C13H18N2O2/c1-9-8-10(4-5-11(9)17-3)13(2)12(16)14-6-7-15-13/h4-5,8,15H,6-7H2,1-3H3,(H,14,16). The number of hydrogen-bond donors (Lipinski definition) is 2. The van der Waals surface area contributed by atoms with Crippen LogP contribution in [0, 0.1) is 6.92 Å². The van der Waals surface area contributed by atoms with Crippen LogP contribution in [0.25, 0.3) is 0 Å². The molecule has 1 aliphatic rings. The van der Waals surface area contributed by atoms with Crippen LogP contribution >= 0.6 is 0 Å². The number of amides is 1. The van der Waals surface area contributed by atoms with E-state index in [0.717, 1.165) is 23.4 Å². The molecule has 17 heavy (non-hydrogen) atoms. The zero-order chi connectivity index (χ0) is 12.5. The van der Waals surface area contributed by atoms with Crippen molar-refractivity contribution in [1.29, 1.82) is 0 Å². The molecule has 2 rings (SSSR count). The highest BCUT2D eigenvalue weighted by Gasteiger charge is 2.37. The van der Waals surface area contributed by atoms with E-state index in [1.54, 1.807) is 7.11 Å². The number of aryl methyl sites for hydroxylation is 1. The molecule has 0 spiro atoms. The van der Waals surface area contributed by atoms with E-state index in [-0.39, 0.29) is 5.91 Å². The van der Waals surface area contributed by atoms with E-state index in [1.165, 1.54) is 0 Å². The molecular weight excluding hydrogens is 216 g/mol. The number of piperazine rings is 1. The number of carbonyl (C=O) groups excluding carboxylic acids is 1. The highest BCUT2D eigenvalue weighted by atomic mass is 16.5. The van der Waals surface area contributed by atoms with Crippen LogP contribution in [0.1, 0.15) is 18.1 Å². The van der Waals surface area contributed by atoms with Gasteiger partial charge < -0.3 is 10.1 Å². The Kier molecular flexibility index (Phi) is 3.07. The van der Waals surface area contributed by atoms with Crippen molar-refractivity contribution in [3.63, 3.8) is 0 Å². The van der Waals surface area contributed by atoms with Crippen LogP contribution < -0.4 is 15.4 Å². The Bertz CT molecular complexity index is 445. The lowest BCUT2D eigenvalue weighted by atomic mass is 9.88. The molecule has 0 radical (unpaired) electrons. The summed E-state index contributed by atoms with van der Waals surface area (Å²) in [5, 5.41) is 6.16. The third-order valence-electron chi connectivity index (χ3n) is 3.32. The molecule has 1 aliphatic heterocycles. The molecule has 4 heteroatoms. The van der Waals surface area contributed by atoms with Crippen molar-refractivity contribution in [2.75, 3.05) is 20.2 Å². The van der Waals surface area contributed by atoms with Crippen LogP contribution in [0.5, 0.6) is 5.75 Å². The number of carbonyl (C=O) groups is 1. The minimum Gasteiger partial charge on any atom is -0.496 e. The zero-order valence-electron chi connectivity index (χ0n) is 10.5. The topological polar surface area (TPSA) is 50.4 Å². The first-order chi connectivity index (χ1) is 8.08. The van der Waals surface area contributed by atoms with Crippen molar-refractivity contribution in [2.45, 2.75) is 19.4 Å². The van der Waals surface area contributed by atoms with Gasteiger partial charge in [0.25, 0.3) is 0 Å². The fourth-order valence-electron chi connectivity index (χ4n) is 2.17. The fourth-order valence-corrected chi connectivity index (χ4v) is 2.17. The number of hydrogen-bond acceptors (Lipinski definition) is 3. The van der Waals surface area contributed by atoms with Crippen molar-refractivity contribution in [1.82, 2.24) is 10.6 Å². The average molecular weight is 234 g/mol. The second-order valence-corrected chi connectivity index (χ2v) is 4.49. The largest absolute Gasteiger partial charge is 0.496 e. The number of nitrogens with one attached hydrogen (secondary N) is 2. The van der Waals surface area contributed by atoms with Gasteiger partial charge in [-0.1, -0.05) is 12.1 Å². The summed E-state index contributed by atoms with van der Waals surface area (Å²) in [6.45, 7) is 5.35. The molecule has 1 unspecified atom stereocenters. The number of rotatable bonds is 2. The first-order valence-corrected chi connectivity index (χ1v) is 5.76. The minimum absolute atomic E-state index is 0.0216. The highest BCUT2D eigenvalue weighted by molar-refractivity contribution is 5.88. The van der Waals surface area contributed by atoms with E-state index in [0.29, 0.717) is 6.54 Å². The van der Waals surface area contributed by atoms with Gasteiger partial charge in [-0.15, -0.1) is 0 Å². The molecule has 1 aromatic rings. The summed E-state index contributed by atoms with van der Waals surface area (Å²) < 4.78 is 5.23. The molecule has 4 nitrogen and oxygen atoms in total. The third-order valence-corrected chi connectivity index (χ3v) is 3.32. The van der Waals surface area contributed by atoms with E-state index in [9.17, 15) is 4.79 Å². The lowest BCUT2D eigenvalue weighted by molar-refractivity contribution is -0.128. The van der Waals surface area contributed by atoms with E-state index in [4.69, 9.17) is 4.74 Å². The maximum absolute atomic E-state index is 12.0. The van der Waals surface area contributed by atoms with Gasteiger partial charge in [0.1, 0.15) is 11.3 Å². The van der Waals surface area contributed by atoms with Gasteiger partial charge in [0.05, 0.1) is 7.11 Å². The molecule has 0 saturated carbocycles. The predicted molar refractivity (Wildman–Crippen MR) is 66.1 cm³/mol. The molecule has 0 bridgehead atoms. The van der Waals surface area contributed by atoms with Gasteiger partial charge in [0, 0.05) is 13.1 Å². The second-order valence-electron chi connectivity index (χ2n) is 4.49. The van der Waals surface area contributed by atoms with Crippen LogP contribution in [0.4, 0.5) is 0 Å². The van der Waals surface area contributed by atoms with Crippen molar-refractivity contribution in [3.05, 3.63) is 29.3 Å². The van der Waals surface area contributed by atoms with Crippen molar-refractivity contribution < 1.29 is 9.53 Å². The Balaban J connectivity index is 2.38. The Labute approximate surface area is 101 Å². The molecule has 1 amide bonds. The van der Waals surface area contributed by atoms with E-state index in [1.807, 2.05) is 32.0 Å². The molecule has 0 aromatic heterocycles. The Morgan fingerprint density at radius 1 is 1.35 bits per heavy atom. The molecule has 92 valence electrons. The molecular formula is C13H18N2O2. The van der Waals surface area contributed by atoms with E-state index in [2.05, 4.69) is 10.6 Å². The summed E-state index contributed by atoms with van der Waals surface area (Å²) in [7, 11) is 1.65. The summed E-state index contributed by atoms with van der Waals surface area (Å²) in [4.78, 5) is 12.0. The van der Waals surface area contributed by atoms with Crippen molar-refractivity contribution in [3.8, 4) is 5.75 Å². The van der Waals surface area contributed by atoms with Gasteiger partial charge in [-0.3, -0.25) is 10.1 Å². The summed E-state index contributed by atoms with van der Waals surface area (Å²) in [5.41, 5.74) is 1.36. The van der Waals surface area contributed by atoms with E-state index < -0.39 is 5.54 Å². The lowest BCUT2D eigenvalue weighted by Gasteiger charge is -2.34. The van der Waals surface area contributed by atoms with Gasteiger partial charge in [0.15, 0.2) is 0 Å². The molecule has 1 saturated heterocycles. The summed E-state index contributed by atoms with van der Waals surface area (Å²) in [6, 6.07) is 5.83. The van der Waals surface area contributed by atoms with Gasteiger partial charge >= 0.3 is 0 Å². The quantitative estimate of drug-likeness (QED) is 0.800. The fraction of sp³-hybridized carbons (Fsp3) is 0.462. The molecule has 1 heterocycles. The maximum atomic E-state index is 12.0. The normalized spacial score (nSPS) is 24.3. The maximum Gasteiger partial charge on any atom is 0.244 e. The van der Waals surface area contributed by atoms with Gasteiger partial charge in [0.2, 0.25) is 5.91 Å². The molecule has 0 aliphatic carbocycles. The van der Waals surface area contributed by atoms with Gasteiger partial charge in [-0.25, -0.2) is 0 Å². The van der Waals surface area contributed by atoms with Crippen LogP contribution in [0.15, 0.2) is 18.2 Å². The average Bonchev–Trinajstić information content (AvgIpc) is 2.33. The molecule has 1 aromatic carbocycles. The monoisotopic (exact) mass is 234 g/mol. The van der Waals surface area contributed by atoms with E-state index >= 15 is 0 Å². The summed E-state index contributed by atoms with van der Waals surface area (Å²) >= 11 is 0. The Hall–Kier alpha value is -1.55. The van der Waals surface area contributed by atoms with Crippen LogP contribution in [-0.2, 0) is 10.3 Å². The highest BCUT2D eigenvalue weighted by Crippen LogP contribution is 2.27. The van der Waals surface area contributed by atoms with Crippen LogP contribution in [0.3, 0.4) is 0 Å².